The van der Waals surface area contributed by atoms with Crippen molar-refractivity contribution in [3.8, 4) is 0 Å². The van der Waals surface area contributed by atoms with E-state index in [0.29, 0.717) is 6.42 Å². The van der Waals surface area contributed by atoms with E-state index in [-0.39, 0.29) is 35.8 Å². The molecular formula is C16H21F2NO2. The summed E-state index contributed by atoms with van der Waals surface area (Å²) in [5.41, 5.74) is 0.262. The molecule has 1 aromatic carbocycles. The van der Waals surface area contributed by atoms with Crippen molar-refractivity contribution in [3.63, 3.8) is 0 Å². The first kappa shape index (κ1) is 15.9. The van der Waals surface area contributed by atoms with Gasteiger partial charge in [0.1, 0.15) is 0 Å². The minimum atomic E-state index is -0.884. The summed E-state index contributed by atoms with van der Waals surface area (Å²) in [6.45, 7) is 4.08. The predicted octanol–water partition coefficient (Wildman–Crippen LogP) is 2.59. The van der Waals surface area contributed by atoms with E-state index in [1.807, 2.05) is 13.8 Å². The number of aliphatic hydroxyl groups excluding tert-OH is 1. The lowest BCUT2D eigenvalue weighted by Gasteiger charge is -2.17. The Morgan fingerprint density at radius 2 is 2.19 bits per heavy atom. The van der Waals surface area contributed by atoms with Gasteiger partial charge in [-0.15, -0.1) is 0 Å². The summed E-state index contributed by atoms with van der Waals surface area (Å²) in [4.78, 5) is 12.0. The number of carbonyl (C=O) groups is 1. The Hall–Kier alpha value is -1.49. The molecule has 1 aromatic rings. The maximum atomic E-state index is 13.6. The Morgan fingerprint density at radius 1 is 1.48 bits per heavy atom. The molecule has 5 heteroatoms. The van der Waals surface area contributed by atoms with Crippen LogP contribution in [0.4, 0.5) is 8.78 Å². The molecule has 4 unspecified atom stereocenters. The Labute approximate surface area is 123 Å². The van der Waals surface area contributed by atoms with Gasteiger partial charge >= 0.3 is 0 Å². The number of benzene rings is 1. The van der Waals surface area contributed by atoms with Gasteiger partial charge in [-0.05, 0) is 29.9 Å². The standard InChI is InChI=1S/C16H21F2NO2/c1-3-9(2)14(20)8-19-16(21)12-7-11(12)10-5-4-6-13(17)15(10)18/h4-6,9,11-12,14,20H,3,7-8H2,1-2H3,(H,19,21). The monoisotopic (exact) mass is 297 g/mol. The largest absolute Gasteiger partial charge is 0.391 e. The molecule has 0 heterocycles. The van der Waals surface area contributed by atoms with Gasteiger partial charge in [-0.25, -0.2) is 8.78 Å². The molecule has 0 aromatic heterocycles. The second kappa shape index (κ2) is 6.52. The third-order valence-corrected chi connectivity index (χ3v) is 4.29. The molecule has 0 saturated heterocycles. The highest BCUT2D eigenvalue weighted by atomic mass is 19.2. The van der Waals surface area contributed by atoms with E-state index in [1.165, 1.54) is 12.1 Å². The molecule has 0 radical (unpaired) electrons. The highest BCUT2D eigenvalue weighted by Crippen LogP contribution is 2.48. The summed E-state index contributed by atoms with van der Waals surface area (Å²) >= 11 is 0. The summed E-state index contributed by atoms with van der Waals surface area (Å²) in [5.74, 6) is -2.43. The lowest BCUT2D eigenvalue weighted by molar-refractivity contribution is -0.123. The average Bonchev–Trinajstić information content (AvgIpc) is 3.26. The summed E-state index contributed by atoms with van der Waals surface area (Å²) in [6.07, 6.45) is 0.769. The number of rotatable bonds is 6. The fourth-order valence-electron chi connectivity index (χ4n) is 2.44. The molecule has 1 amide bonds. The molecule has 1 fully saturated rings. The van der Waals surface area contributed by atoms with Crippen LogP contribution in [0.25, 0.3) is 0 Å². The van der Waals surface area contributed by atoms with Crippen LogP contribution in [-0.4, -0.2) is 23.7 Å². The van der Waals surface area contributed by atoms with Crippen LogP contribution in [0.3, 0.4) is 0 Å². The van der Waals surface area contributed by atoms with Gasteiger partial charge in [0.25, 0.3) is 0 Å². The normalized spacial score (nSPS) is 23.5. The Kier molecular flexibility index (Phi) is 4.93. The fraction of sp³-hybridized carbons (Fsp3) is 0.562. The van der Waals surface area contributed by atoms with Crippen molar-refractivity contribution in [1.29, 1.82) is 0 Å². The molecule has 2 N–H and O–H groups in total. The number of hydrogen-bond acceptors (Lipinski definition) is 2. The molecule has 116 valence electrons. The van der Waals surface area contributed by atoms with E-state index in [1.54, 1.807) is 0 Å². The zero-order valence-corrected chi connectivity index (χ0v) is 12.3. The van der Waals surface area contributed by atoms with E-state index < -0.39 is 17.7 Å². The summed E-state index contributed by atoms with van der Waals surface area (Å²) in [5, 5.41) is 12.5. The first-order valence-electron chi connectivity index (χ1n) is 7.35. The molecule has 0 bridgehead atoms. The Bertz CT molecular complexity index is 521. The molecule has 4 atom stereocenters. The van der Waals surface area contributed by atoms with Gasteiger partial charge in [-0.1, -0.05) is 32.4 Å². The van der Waals surface area contributed by atoms with Crippen molar-refractivity contribution in [3.05, 3.63) is 35.4 Å². The highest BCUT2D eigenvalue weighted by Gasteiger charge is 2.45. The Morgan fingerprint density at radius 3 is 2.86 bits per heavy atom. The van der Waals surface area contributed by atoms with Crippen LogP contribution in [0.15, 0.2) is 18.2 Å². The molecule has 2 rings (SSSR count). The molecule has 1 saturated carbocycles. The van der Waals surface area contributed by atoms with Crippen molar-refractivity contribution in [2.75, 3.05) is 6.54 Å². The summed E-state index contributed by atoms with van der Waals surface area (Å²) < 4.78 is 26.8. The number of amides is 1. The van der Waals surface area contributed by atoms with Crippen LogP contribution in [0, 0.1) is 23.5 Å². The molecule has 3 nitrogen and oxygen atoms in total. The second-order valence-electron chi connectivity index (χ2n) is 5.79. The van der Waals surface area contributed by atoms with Gasteiger partial charge in [0.05, 0.1) is 6.10 Å². The van der Waals surface area contributed by atoms with Crippen LogP contribution >= 0.6 is 0 Å². The van der Waals surface area contributed by atoms with Gasteiger partial charge in [0, 0.05) is 12.5 Å². The van der Waals surface area contributed by atoms with Gasteiger partial charge in [-0.3, -0.25) is 4.79 Å². The molecule has 0 spiro atoms. The number of nitrogens with one attached hydrogen (secondary N) is 1. The second-order valence-corrected chi connectivity index (χ2v) is 5.79. The molecule has 1 aliphatic rings. The first-order chi connectivity index (χ1) is 9.95. The lowest BCUT2D eigenvalue weighted by atomic mass is 10.0. The van der Waals surface area contributed by atoms with Crippen molar-refractivity contribution >= 4 is 5.91 Å². The third kappa shape index (κ3) is 3.59. The van der Waals surface area contributed by atoms with Gasteiger partial charge < -0.3 is 10.4 Å². The number of carbonyl (C=O) groups excluding carboxylic acids is 1. The molecule has 21 heavy (non-hydrogen) atoms. The van der Waals surface area contributed by atoms with Crippen LogP contribution in [0.1, 0.15) is 38.2 Å². The van der Waals surface area contributed by atoms with Crippen LogP contribution in [0.2, 0.25) is 0 Å². The van der Waals surface area contributed by atoms with Gasteiger partial charge in [-0.2, -0.15) is 0 Å². The minimum absolute atomic E-state index is 0.112. The van der Waals surface area contributed by atoms with Crippen molar-refractivity contribution in [2.45, 2.75) is 38.7 Å². The van der Waals surface area contributed by atoms with Crippen LogP contribution in [0.5, 0.6) is 0 Å². The molecule has 1 aliphatic carbocycles. The predicted molar refractivity (Wildman–Crippen MR) is 75.7 cm³/mol. The van der Waals surface area contributed by atoms with E-state index in [4.69, 9.17) is 0 Å². The van der Waals surface area contributed by atoms with E-state index in [2.05, 4.69) is 5.32 Å². The first-order valence-corrected chi connectivity index (χ1v) is 7.35. The van der Waals surface area contributed by atoms with E-state index in [0.717, 1.165) is 12.5 Å². The Balaban J connectivity index is 1.88. The molecular weight excluding hydrogens is 276 g/mol. The number of hydrogen-bond donors (Lipinski definition) is 2. The quantitative estimate of drug-likeness (QED) is 0.848. The fourth-order valence-corrected chi connectivity index (χ4v) is 2.44. The van der Waals surface area contributed by atoms with Gasteiger partial charge in [0.2, 0.25) is 5.91 Å². The molecule has 0 aliphatic heterocycles. The van der Waals surface area contributed by atoms with Crippen molar-refractivity contribution in [1.82, 2.24) is 5.32 Å². The SMILES string of the molecule is CCC(C)C(O)CNC(=O)C1CC1c1cccc(F)c1F. The zero-order valence-electron chi connectivity index (χ0n) is 12.3. The minimum Gasteiger partial charge on any atom is -0.391 e. The van der Waals surface area contributed by atoms with Crippen LogP contribution in [-0.2, 0) is 4.79 Å². The highest BCUT2D eigenvalue weighted by molar-refractivity contribution is 5.82. The van der Waals surface area contributed by atoms with E-state index in [9.17, 15) is 18.7 Å². The smallest absolute Gasteiger partial charge is 0.223 e. The lowest BCUT2D eigenvalue weighted by Crippen LogP contribution is -2.36. The zero-order chi connectivity index (χ0) is 15.6. The topological polar surface area (TPSA) is 49.3 Å². The van der Waals surface area contributed by atoms with Crippen LogP contribution < -0.4 is 5.32 Å². The average molecular weight is 297 g/mol. The number of aliphatic hydroxyl groups is 1. The van der Waals surface area contributed by atoms with Crippen molar-refractivity contribution in [2.24, 2.45) is 11.8 Å². The number of halogens is 2. The van der Waals surface area contributed by atoms with E-state index >= 15 is 0 Å². The third-order valence-electron chi connectivity index (χ3n) is 4.29. The van der Waals surface area contributed by atoms with Gasteiger partial charge in [0.15, 0.2) is 11.6 Å². The summed E-state index contributed by atoms with van der Waals surface area (Å²) in [6, 6.07) is 4.04. The maximum absolute atomic E-state index is 13.6. The maximum Gasteiger partial charge on any atom is 0.223 e. The summed E-state index contributed by atoms with van der Waals surface area (Å²) in [7, 11) is 0. The van der Waals surface area contributed by atoms with Crippen molar-refractivity contribution < 1.29 is 18.7 Å².